The fourth-order valence-electron chi connectivity index (χ4n) is 6.05. The van der Waals surface area contributed by atoms with E-state index in [1.54, 1.807) is 0 Å². The van der Waals surface area contributed by atoms with Gasteiger partial charge in [0.2, 0.25) is 0 Å². The van der Waals surface area contributed by atoms with Gasteiger partial charge in [0.05, 0.1) is 0 Å². The molecule has 0 radical (unpaired) electrons. The van der Waals surface area contributed by atoms with E-state index < -0.39 is 6.10 Å². The molecular weight excluding hydrogens is 600 g/mol. The highest BCUT2D eigenvalue weighted by molar-refractivity contribution is 5.71. The Kier molecular flexibility index (Phi) is 34.1. The molecule has 0 aromatic rings. The first-order chi connectivity index (χ1) is 23.2. The Morgan fingerprint density at radius 2 is 0.688 bits per heavy atom. The number of carbonyl (C=O) groups is 3. The second-order valence-electron chi connectivity index (χ2n) is 15.2. The maximum absolute atomic E-state index is 12.6. The summed E-state index contributed by atoms with van der Waals surface area (Å²) in [6.45, 7) is 11.2. The molecule has 0 amide bonds. The molecule has 6 heteroatoms. The van der Waals surface area contributed by atoms with Crippen LogP contribution in [0.4, 0.5) is 0 Å². The number of esters is 3. The molecular formula is C42H80O6. The Balaban J connectivity index is 4.33. The van der Waals surface area contributed by atoms with Crippen LogP contribution in [-0.4, -0.2) is 37.2 Å². The normalized spacial score (nSPS) is 12.1. The molecule has 0 fully saturated rings. The molecule has 6 nitrogen and oxygen atoms in total. The second-order valence-corrected chi connectivity index (χ2v) is 15.2. The van der Waals surface area contributed by atoms with Gasteiger partial charge in [0.1, 0.15) is 13.2 Å². The molecule has 284 valence electrons. The van der Waals surface area contributed by atoms with Crippen molar-refractivity contribution in [1.82, 2.24) is 0 Å². The first kappa shape index (κ1) is 46.4. The molecule has 0 heterocycles. The molecule has 0 aliphatic rings. The minimum absolute atomic E-state index is 0.0667. The highest BCUT2D eigenvalue weighted by Crippen LogP contribution is 2.15. The van der Waals surface area contributed by atoms with E-state index in [1.807, 2.05) is 0 Å². The zero-order valence-electron chi connectivity index (χ0n) is 32.6. The van der Waals surface area contributed by atoms with E-state index in [0.717, 1.165) is 69.6 Å². The average molecular weight is 681 g/mol. The van der Waals surface area contributed by atoms with Crippen molar-refractivity contribution in [2.75, 3.05) is 13.2 Å². The van der Waals surface area contributed by atoms with Crippen LogP contribution in [0.25, 0.3) is 0 Å². The molecule has 0 saturated heterocycles. The Labute approximate surface area is 298 Å². The van der Waals surface area contributed by atoms with Gasteiger partial charge >= 0.3 is 17.9 Å². The maximum Gasteiger partial charge on any atom is 0.306 e. The molecule has 0 aromatic carbocycles. The van der Waals surface area contributed by atoms with Gasteiger partial charge in [-0.3, -0.25) is 14.4 Å². The topological polar surface area (TPSA) is 78.9 Å². The summed E-state index contributed by atoms with van der Waals surface area (Å²) in [5.74, 6) is 0.701. The highest BCUT2D eigenvalue weighted by atomic mass is 16.6. The fourth-order valence-corrected chi connectivity index (χ4v) is 6.05. The molecule has 0 bridgehead atoms. The van der Waals surface area contributed by atoms with Crippen LogP contribution < -0.4 is 0 Å². The van der Waals surface area contributed by atoms with Crippen LogP contribution in [0, 0.1) is 11.8 Å². The monoisotopic (exact) mass is 681 g/mol. The van der Waals surface area contributed by atoms with Gasteiger partial charge in [0.25, 0.3) is 0 Å². The summed E-state index contributed by atoms with van der Waals surface area (Å²) >= 11 is 0. The third kappa shape index (κ3) is 35.7. The van der Waals surface area contributed by atoms with Crippen molar-refractivity contribution in [3.8, 4) is 0 Å². The largest absolute Gasteiger partial charge is 0.462 e. The summed E-state index contributed by atoms with van der Waals surface area (Å²) in [5, 5.41) is 0. The van der Waals surface area contributed by atoms with Crippen molar-refractivity contribution in [2.45, 2.75) is 227 Å². The van der Waals surface area contributed by atoms with Crippen LogP contribution >= 0.6 is 0 Å². The van der Waals surface area contributed by atoms with Crippen molar-refractivity contribution in [2.24, 2.45) is 11.8 Å². The minimum Gasteiger partial charge on any atom is -0.462 e. The number of carbonyl (C=O) groups excluding carboxylic acids is 3. The van der Waals surface area contributed by atoms with E-state index in [2.05, 4.69) is 34.6 Å². The van der Waals surface area contributed by atoms with Crippen molar-refractivity contribution < 1.29 is 28.6 Å². The number of ether oxygens (including phenoxy) is 3. The number of rotatable bonds is 36. The summed E-state index contributed by atoms with van der Waals surface area (Å²) in [6, 6.07) is 0. The van der Waals surface area contributed by atoms with Crippen molar-refractivity contribution >= 4 is 17.9 Å². The standard InChI is InChI=1S/C42H80O6/c1-6-7-8-9-10-12-17-24-29-34-42(45)48-39(36-47-41(44)33-28-23-19-18-21-26-31-38(4)5)35-46-40(43)32-27-22-16-14-11-13-15-20-25-30-37(2)3/h37-39H,6-36H2,1-5H3/t39-/m0/s1. The molecule has 0 rings (SSSR count). The highest BCUT2D eigenvalue weighted by Gasteiger charge is 2.19. The van der Waals surface area contributed by atoms with Gasteiger partial charge in [0.15, 0.2) is 6.10 Å². The molecule has 0 aliphatic heterocycles. The molecule has 0 aliphatic carbocycles. The third-order valence-electron chi connectivity index (χ3n) is 9.22. The lowest BCUT2D eigenvalue weighted by Gasteiger charge is -2.18. The number of hydrogen-bond acceptors (Lipinski definition) is 6. The van der Waals surface area contributed by atoms with Crippen molar-refractivity contribution in [3.63, 3.8) is 0 Å². The predicted molar refractivity (Wildman–Crippen MR) is 201 cm³/mol. The zero-order valence-corrected chi connectivity index (χ0v) is 32.6. The Morgan fingerprint density at radius 1 is 0.396 bits per heavy atom. The summed E-state index contributed by atoms with van der Waals surface area (Å²) in [7, 11) is 0. The summed E-state index contributed by atoms with van der Waals surface area (Å²) in [4.78, 5) is 37.4. The van der Waals surface area contributed by atoms with Crippen molar-refractivity contribution in [1.29, 1.82) is 0 Å². The molecule has 48 heavy (non-hydrogen) atoms. The maximum atomic E-state index is 12.6. The zero-order chi connectivity index (χ0) is 35.5. The van der Waals surface area contributed by atoms with E-state index >= 15 is 0 Å². The fraction of sp³-hybridized carbons (Fsp3) is 0.929. The minimum atomic E-state index is -0.759. The summed E-state index contributed by atoms with van der Waals surface area (Å²) < 4.78 is 16.6. The lowest BCUT2D eigenvalue weighted by molar-refractivity contribution is -0.167. The van der Waals surface area contributed by atoms with E-state index in [0.29, 0.717) is 19.3 Å². The van der Waals surface area contributed by atoms with Gasteiger partial charge in [0, 0.05) is 19.3 Å². The van der Waals surface area contributed by atoms with Crippen molar-refractivity contribution in [3.05, 3.63) is 0 Å². The molecule has 0 N–H and O–H groups in total. The Hall–Kier alpha value is -1.59. The van der Waals surface area contributed by atoms with Gasteiger partial charge in [-0.15, -0.1) is 0 Å². The molecule has 1 atom stereocenters. The van der Waals surface area contributed by atoms with Crippen LogP contribution in [0.1, 0.15) is 221 Å². The van der Waals surface area contributed by atoms with E-state index in [-0.39, 0.29) is 31.1 Å². The Morgan fingerprint density at radius 3 is 1.02 bits per heavy atom. The Bertz CT molecular complexity index is 734. The first-order valence-electron chi connectivity index (χ1n) is 20.7. The number of hydrogen-bond donors (Lipinski definition) is 0. The van der Waals surface area contributed by atoms with Crippen LogP contribution in [0.15, 0.2) is 0 Å². The molecule has 0 unspecified atom stereocenters. The lowest BCUT2D eigenvalue weighted by atomic mass is 10.0. The SMILES string of the molecule is CCCCCCCCCCCC(=O)O[C@@H](COC(=O)CCCCCCCCCCCC(C)C)COC(=O)CCCCCCCCC(C)C. The predicted octanol–water partition coefficient (Wildman–Crippen LogP) is 12.6. The lowest BCUT2D eigenvalue weighted by Crippen LogP contribution is -2.30. The van der Waals surface area contributed by atoms with Crippen LogP contribution in [-0.2, 0) is 28.6 Å². The smallest absolute Gasteiger partial charge is 0.306 e. The van der Waals surface area contributed by atoms with Gasteiger partial charge in [-0.1, -0.05) is 182 Å². The van der Waals surface area contributed by atoms with E-state index in [9.17, 15) is 14.4 Å². The van der Waals surface area contributed by atoms with Crippen LogP contribution in [0.3, 0.4) is 0 Å². The van der Waals surface area contributed by atoms with Gasteiger partial charge in [-0.05, 0) is 31.1 Å². The summed E-state index contributed by atoms with van der Waals surface area (Å²) in [5.41, 5.74) is 0. The summed E-state index contributed by atoms with van der Waals surface area (Å²) in [6.07, 6.45) is 31.0. The number of unbranched alkanes of at least 4 members (excludes halogenated alkanes) is 21. The second kappa shape index (κ2) is 35.2. The van der Waals surface area contributed by atoms with Gasteiger partial charge < -0.3 is 14.2 Å². The van der Waals surface area contributed by atoms with E-state index in [4.69, 9.17) is 14.2 Å². The molecule has 0 saturated carbocycles. The molecule has 0 aromatic heterocycles. The third-order valence-corrected chi connectivity index (χ3v) is 9.22. The van der Waals surface area contributed by atoms with Crippen LogP contribution in [0.2, 0.25) is 0 Å². The van der Waals surface area contributed by atoms with Gasteiger partial charge in [-0.25, -0.2) is 0 Å². The van der Waals surface area contributed by atoms with Crippen LogP contribution in [0.5, 0.6) is 0 Å². The first-order valence-corrected chi connectivity index (χ1v) is 20.7. The van der Waals surface area contributed by atoms with Gasteiger partial charge in [-0.2, -0.15) is 0 Å². The molecule has 0 spiro atoms. The van der Waals surface area contributed by atoms with E-state index in [1.165, 1.54) is 109 Å². The average Bonchev–Trinajstić information content (AvgIpc) is 3.05. The quantitative estimate of drug-likeness (QED) is 0.0372.